The van der Waals surface area contributed by atoms with Gasteiger partial charge in [0.25, 0.3) is 0 Å². The smallest absolute Gasteiger partial charge is 0.157 e. The van der Waals surface area contributed by atoms with E-state index in [-0.39, 0.29) is 54.3 Å². The van der Waals surface area contributed by atoms with E-state index in [1.54, 1.807) is 36.4 Å². The maximum atomic E-state index is 8.67. The third-order valence-corrected chi connectivity index (χ3v) is 2.65. The largest absolute Gasteiger partial charge is 0.504 e. The summed E-state index contributed by atoms with van der Waals surface area (Å²) in [5, 5.41) is 52.0. The van der Waals surface area contributed by atoms with Crippen molar-refractivity contribution < 1.29 is 30.6 Å². The summed E-state index contributed by atoms with van der Waals surface area (Å²) in [4.78, 5) is 0. The van der Waals surface area contributed by atoms with Gasteiger partial charge >= 0.3 is 0 Å². The Morgan fingerprint density at radius 3 is 0.520 bits per heavy atom. The van der Waals surface area contributed by atoms with Crippen LogP contribution in [0.25, 0.3) is 0 Å². The predicted molar refractivity (Wildman–Crippen MR) is 95.1 cm³/mol. The molecule has 0 saturated carbocycles. The minimum Gasteiger partial charge on any atom is -0.504 e. The molecule has 0 aliphatic carbocycles. The Morgan fingerprint density at radius 2 is 0.440 bits per heavy atom. The maximum Gasteiger partial charge on any atom is 0.157 e. The summed E-state index contributed by atoms with van der Waals surface area (Å²) < 4.78 is 0. The van der Waals surface area contributed by atoms with Crippen LogP contribution in [0.15, 0.2) is 72.8 Å². The zero-order valence-corrected chi connectivity index (χ0v) is 15.6. The first-order valence-corrected chi connectivity index (χ1v) is 6.82. The summed E-state index contributed by atoms with van der Waals surface area (Å²) in [6, 6.07) is 18.4. The van der Waals surface area contributed by atoms with E-state index in [4.69, 9.17) is 30.6 Å². The van der Waals surface area contributed by atoms with Crippen LogP contribution in [0.3, 0.4) is 0 Å². The van der Waals surface area contributed by atoms with Crippen LogP contribution in [-0.2, 0) is 0 Å². The van der Waals surface area contributed by atoms with E-state index in [1.807, 2.05) is 0 Å². The van der Waals surface area contributed by atoms with E-state index >= 15 is 0 Å². The fourth-order valence-electron chi connectivity index (χ4n) is 1.39. The molecule has 0 bridgehead atoms. The van der Waals surface area contributed by atoms with Gasteiger partial charge in [0.2, 0.25) is 0 Å². The van der Waals surface area contributed by atoms with Gasteiger partial charge in [-0.3, -0.25) is 0 Å². The number of hydrogen-bond acceptors (Lipinski definition) is 6. The quantitative estimate of drug-likeness (QED) is 0.255. The molecule has 3 rings (SSSR count). The first-order chi connectivity index (χ1) is 11.4. The molecule has 0 heterocycles. The van der Waals surface area contributed by atoms with Gasteiger partial charge in [-0.2, -0.15) is 0 Å². The summed E-state index contributed by atoms with van der Waals surface area (Å²) >= 11 is 0. The van der Waals surface area contributed by atoms with Gasteiger partial charge in [0.05, 0.1) is 0 Å². The third-order valence-electron chi connectivity index (χ3n) is 2.65. The van der Waals surface area contributed by atoms with Crippen molar-refractivity contribution in [2.75, 3.05) is 0 Å². The average molecular weight is 400 g/mol. The normalized spacial score (nSPS) is 8.64. The number of aromatic hydroxyl groups is 6. The predicted octanol–water partition coefficient (Wildman–Crippen LogP) is 2.91. The molecule has 0 spiro atoms. The van der Waals surface area contributed by atoms with Crippen LogP contribution >= 0.6 is 0 Å². The van der Waals surface area contributed by atoms with Crippen molar-refractivity contribution in [3.63, 3.8) is 0 Å². The molecule has 0 fully saturated rings. The van der Waals surface area contributed by atoms with E-state index in [1.165, 1.54) is 36.4 Å². The summed E-state index contributed by atoms with van der Waals surface area (Å²) in [6.07, 6.45) is 0. The van der Waals surface area contributed by atoms with E-state index in [0.29, 0.717) is 0 Å². The minimum absolute atomic E-state index is 0. The minimum atomic E-state index is -0.0764. The summed E-state index contributed by atoms with van der Waals surface area (Å²) in [6.45, 7) is 0. The molecule has 0 aliphatic heterocycles. The summed E-state index contributed by atoms with van der Waals surface area (Å²) in [7, 11) is 0. The molecule has 0 aliphatic rings. The molecule has 25 heavy (non-hydrogen) atoms. The monoisotopic (exact) mass is 399 g/mol. The molecule has 6 N–H and O–H groups in total. The van der Waals surface area contributed by atoms with E-state index in [0.717, 1.165) is 0 Å². The first-order valence-electron chi connectivity index (χ1n) is 6.82. The second kappa shape index (κ2) is 11.6. The number of para-hydroxylation sites is 6. The number of rotatable bonds is 0. The number of benzene rings is 3. The molecule has 0 saturated heterocycles. The second-order valence-corrected chi connectivity index (χ2v) is 4.47. The molecule has 3 aromatic rings. The second-order valence-electron chi connectivity index (χ2n) is 4.47. The number of phenols is 6. The molecule has 6 nitrogen and oxygen atoms in total. The van der Waals surface area contributed by atoms with Crippen LogP contribution in [0, 0.1) is 0 Å². The molecule has 0 amide bonds. The molecule has 3 radical (unpaired) electrons. The van der Waals surface area contributed by atoms with Crippen molar-refractivity contribution in [1.29, 1.82) is 0 Å². The van der Waals surface area contributed by atoms with Crippen molar-refractivity contribution in [2.45, 2.75) is 0 Å². The molecule has 0 unspecified atom stereocenters. The van der Waals surface area contributed by atoms with Gasteiger partial charge in [0.1, 0.15) is 0 Å². The van der Waals surface area contributed by atoms with Gasteiger partial charge < -0.3 is 30.6 Å². The Hall–Kier alpha value is -2.90. The van der Waals surface area contributed by atoms with E-state index < -0.39 is 0 Å². The Kier molecular flexibility index (Phi) is 10.3. The molecule has 3 aromatic carbocycles. The van der Waals surface area contributed by atoms with E-state index in [9.17, 15) is 0 Å². The fourth-order valence-corrected chi connectivity index (χ4v) is 1.39. The number of phenolic OH excluding ortho intramolecular Hbond substituents is 6. The Labute approximate surface area is 158 Å². The van der Waals surface area contributed by atoms with Crippen molar-refractivity contribution in [2.24, 2.45) is 0 Å². The zero-order valence-electron chi connectivity index (χ0n) is 13.2. The van der Waals surface area contributed by atoms with Crippen LogP contribution in [0.4, 0.5) is 0 Å². The van der Waals surface area contributed by atoms with Crippen molar-refractivity contribution >= 4 is 19.8 Å². The molecular weight excluding hydrogens is 382 g/mol. The van der Waals surface area contributed by atoms with Crippen LogP contribution in [0.5, 0.6) is 34.5 Å². The van der Waals surface area contributed by atoms with Crippen LogP contribution in [-0.4, -0.2) is 50.4 Å². The van der Waals surface area contributed by atoms with Gasteiger partial charge in [-0.25, -0.2) is 0 Å². The fraction of sp³-hybridized carbons (Fsp3) is 0. The van der Waals surface area contributed by atoms with Crippen LogP contribution < -0.4 is 0 Å². The molecule has 7 heteroatoms. The molecule has 129 valence electrons. The molecular formula is C18H18GaO6. The topological polar surface area (TPSA) is 121 Å². The van der Waals surface area contributed by atoms with Crippen molar-refractivity contribution in [3.05, 3.63) is 72.8 Å². The molecule has 0 atom stereocenters. The first kappa shape index (κ1) is 22.1. The Morgan fingerprint density at radius 1 is 0.320 bits per heavy atom. The van der Waals surface area contributed by atoms with Gasteiger partial charge in [0, 0.05) is 19.8 Å². The van der Waals surface area contributed by atoms with Crippen LogP contribution in [0.1, 0.15) is 0 Å². The SMILES string of the molecule is Oc1ccccc1O.Oc1ccccc1O.Oc1ccccc1O.[Ga]. The standard InChI is InChI=1S/3C6H6O2.Ga/c3*7-5-3-1-2-4-6(5)8;/h3*1-4,7-8H;. The van der Waals surface area contributed by atoms with Gasteiger partial charge in [-0.15, -0.1) is 0 Å². The van der Waals surface area contributed by atoms with Crippen LogP contribution in [0.2, 0.25) is 0 Å². The number of hydrogen-bond donors (Lipinski definition) is 6. The Bertz CT molecular complexity index is 597. The maximum absolute atomic E-state index is 8.67. The van der Waals surface area contributed by atoms with Gasteiger partial charge in [-0.1, -0.05) is 36.4 Å². The van der Waals surface area contributed by atoms with Crippen molar-refractivity contribution in [1.82, 2.24) is 0 Å². The Balaban J connectivity index is 0.000000339. The van der Waals surface area contributed by atoms with Crippen molar-refractivity contribution in [3.8, 4) is 34.5 Å². The summed E-state index contributed by atoms with van der Waals surface area (Å²) in [5.74, 6) is -0.458. The van der Waals surface area contributed by atoms with Gasteiger partial charge in [-0.05, 0) is 36.4 Å². The average Bonchev–Trinajstić information content (AvgIpc) is 2.57. The summed E-state index contributed by atoms with van der Waals surface area (Å²) in [5.41, 5.74) is 0. The third kappa shape index (κ3) is 8.49. The zero-order chi connectivity index (χ0) is 17.9. The van der Waals surface area contributed by atoms with E-state index in [2.05, 4.69) is 0 Å². The molecule has 0 aromatic heterocycles. The van der Waals surface area contributed by atoms with Gasteiger partial charge in [0.15, 0.2) is 34.5 Å².